The van der Waals surface area contributed by atoms with Gasteiger partial charge in [-0.05, 0) is 31.2 Å². The predicted octanol–water partition coefficient (Wildman–Crippen LogP) is 1.59. The molecule has 0 aliphatic carbocycles. The molecule has 0 aromatic rings. The fraction of sp³-hybridized carbons (Fsp3) is 0.923. The molecule has 1 fully saturated rings. The highest BCUT2D eigenvalue weighted by molar-refractivity contribution is 5.76. The van der Waals surface area contributed by atoms with Crippen molar-refractivity contribution in [3.8, 4) is 0 Å². The smallest absolute Gasteiger partial charge is 0.323 e. The van der Waals surface area contributed by atoms with Crippen molar-refractivity contribution in [2.75, 3.05) is 26.4 Å². The minimum absolute atomic E-state index is 0.131. The Hall–Kier alpha value is -0.610. The number of esters is 1. The molecule has 1 aliphatic heterocycles. The molecule has 4 nitrogen and oxygen atoms in total. The summed E-state index contributed by atoms with van der Waals surface area (Å²) in [5.41, 5.74) is 0. The quantitative estimate of drug-likeness (QED) is 0.568. The number of hydrogen-bond acceptors (Lipinski definition) is 4. The molecule has 2 unspecified atom stereocenters. The van der Waals surface area contributed by atoms with Crippen molar-refractivity contribution in [3.05, 3.63) is 0 Å². The van der Waals surface area contributed by atoms with Crippen LogP contribution in [0.5, 0.6) is 0 Å². The van der Waals surface area contributed by atoms with E-state index in [-0.39, 0.29) is 12.0 Å². The number of piperidine rings is 1. The van der Waals surface area contributed by atoms with E-state index in [0.717, 1.165) is 26.0 Å². The summed E-state index contributed by atoms with van der Waals surface area (Å²) in [4.78, 5) is 11.8. The van der Waals surface area contributed by atoms with Gasteiger partial charge in [0, 0.05) is 6.61 Å². The fourth-order valence-electron chi connectivity index (χ4n) is 1.98. The number of carbonyl (C=O) groups is 1. The highest BCUT2D eigenvalue weighted by Crippen LogP contribution is 2.16. The molecule has 0 bridgehead atoms. The third kappa shape index (κ3) is 5.50. The van der Waals surface area contributed by atoms with Gasteiger partial charge in [-0.2, -0.15) is 0 Å². The zero-order valence-electron chi connectivity index (χ0n) is 11.2. The second kappa shape index (κ2) is 7.67. The lowest BCUT2D eigenvalue weighted by Gasteiger charge is -2.28. The van der Waals surface area contributed by atoms with Gasteiger partial charge in [0.1, 0.15) is 12.6 Å². The van der Waals surface area contributed by atoms with Crippen LogP contribution in [0.1, 0.15) is 33.6 Å². The van der Waals surface area contributed by atoms with Crippen molar-refractivity contribution in [3.63, 3.8) is 0 Å². The average Bonchev–Trinajstić information content (AvgIpc) is 2.28. The third-order valence-electron chi connectivity index (χ3n) is 2.95. The molecule has 1 rings (SSSR count). The lowest BCUT2D eigenvalue weighted by Crippen LogP contribution is -2.46. The average molecular weight is 243 g/mol. The molecule has 0 spiro atoms. The molecule has 0 aromatic carbocycles. The Kier molecular flexibility index (Phi) is 6.52. The molecule has 100 valence electrons. The number of rotatable bonds is 6. The van der Waals surface area contributed by atoms with Crippen molar-refractivity contribution < 1.29 is 14.3 Å². The SMILES string of the molecule is CC(C)COCCOC(=O)C1NCCCC1C. The Morgan fingerprint density at radius 3 is 2.82 bits per heavy atom. The van der Waals surface area contributed by atoms with E-state index in [0.29, 0.717) is 25.0 Å². The van der Waals surface area contributed by atoms with E-state index in [2.05, 4.69) is 26.1 Å². The maximum atomic E-state index is 11.8. The molecule has 0 saturated carbocycles. The molecular formula is C13H25NO3. The largest absolute Gasteiger partial charge is 0.462 e. The van der Waals surface area contributed by atoms with E-state index in [1.807, 2.05) is 0 Å². The van der Waals surface area contributed by atoms with E-state index in [1.165, 1.54) is 0 Å². The normalized spacial score (nSPS) is 24.9. The van der Waals surface area contributed by atoms with E-state index < -0.39 is 0 Å². The van der Waals surface area contributed by atoms with Crippen molar-refractivity contribution >= 4 is 5.97 Å². The summed E-state index contributed by atoms with van der Waals surface area (Å²) < 4.78 is 10.6. The van der Waals surface area contributed by atoms with Gasteiger partial charge >= 0.3 is 5.97 Å². The number of hydrogen-bond donors (Lipinski definition) is 1. The van der Waals surface area contributed by atoms with Gasteiger partial charge in [0.2, 0.25) is 0 Å². The summed E-state index contributed by atoms with van der Waals surface area (Å²) in [5, 5.41) is 3.21. The van der Waals surface area contributed by atoms with Crippen LogP contribution < -0.4 is 5.32 Å². The molecule has 2 atom stereocenters. The van der Waals surface area contributed by atoms with Crippen molar-refractivity contribution in [1.82, 2.24) is 5.32 Å². The summed E-state index contributed by atoms with van der Waals surface area (Å²) in [6.07, 6.45) is 2.24. The fourth-order valence-corrected chi connectivity index (χ4v) is 1.98. The highest BCUT2D eigenvalue weighted by Gasteiger charge is 2.28. The minimum atomic E-state index is -0.134. The first kappa shape index (κ1) is 14.5. The highest BCUT2D eigenvalue weighted by atomic mass is 16.6. The zero-order chi connectivity index (χ0) is 12.7. The molecule has 0 radical (unpaired) electrons. The summed E-state index contributed by atoms with van der Waals surface area (Å²) >= 11 is 0. The van der Waals surface area contributed by atoms with E-state index in [4.69, 9.17) is 9.47 Å². The first-order valence-electron chi connectivity index (χ1n) is 6.59. The molecule has 17 heavy (non-hydrogen) atoms. The van der Waals surface area contributed by atoms with Gasteiger partial charge in [-0.15, -0.1) is 0 Å². The molecule has 1 saturated heterocycles. The summed E-state index contributed by atoms with van der Waals surface area (Å²) in [6.45, 7) is 8.76. The third-order valence-corrected chi connectivity index (χ3v) is 2.95. The van der Waals surface area contributed by atoms with Gasteiger partial charge < -0.3 is 14.8 Å². The Labute approximate surface area is 104 Å². The maximum Gasteiger partial charge on any atom is 0.323 e. The number of carbonyl (C=O) groups excluding carboxylic acids is 1. The molecule has 0 aromatic heterocycles. The van der Waals surface area contributed by atoms with Crippen LogP contribution in [0.3, 0.4) is 0 Å². The van der Waals surface area contributed by atoms with Gasteiger partial charge in [0.25, 0.3) is 0 Å². The minimum Gasteiger partial charge on any atom is -0.462 e. The second-order valence-electron chi connectivity index (χ2n) is 5.19. The summed E-state index contributed by atoms with van der Waals surface area (Å²) in [6, 6.07) is -0.131. The van der Waals surface area contributed by atoms with Gasteiger partial charge in [0.05, 0.1) is 6.61 Å². The van der Waals surface area contributed by atoms with Crippen LogP contribution in [0.25, 0.3) is 0 Å². The first-order chi connectivity index (χ1) is 8.11. The maximum absolute atomic E-state index is 11.8. The molecule has 0 amide bonds. The second-order valence-corrected chi connectivity index (χ2v) is 5.19. The molecular weight excluding hydrogens is 218 g/mol. The van der Waals surface area contributed by atoms with Gasteiger partial charge in [-0.1, -0.05) is 20.8 Å². The lowest BCUT2D eigenvalue weighted by atomic mass is 9.93. The Bertz CT molecular complexity index is 231. The van der Waals surface area contributed by atoms with Gasteiger partial charge in [0.15, 0.2) is 0 Å². The van der Waals surface area contributed by atoms with Crippen LogP contribution >= 0.6 is 0 Å². The van der Waals surface area contributed by atoms with Crippen molar-refractivity contribution in [1.29, 1.82) is 0 Å². The standard InChI is InChI=1S/C13H25NO3/c1-10(2)9-16-7-8-17-13(15)12-11(3)5-4-6-14-12/h10-12,14H,4-9H2,1-3H3. The zero-order valence-corrected chi connectivity index (χ0v) is 11.2. The monoisotopic (exact) mass is 243 g/mol. The number of ether oxygens (including phenoxy) is 2. The Morgan fingerprint density at radius 1 is 1.41 bits per heavy atom. The van der Waals surface area contributed by atoms with Crippen LogP contribution in [0, 0.1) is 11.8 Å². The van der Waals surface area contributed by atoms with Crippen LogP contribution in [0.4, 0.5) is 0 Å². The van der Waals surface area contributed by atoms with E-state index >= 15 is 0 Å². The van der Waals surface area contributed by atoms with E-state index in [1.54, 1.807) is 0 Å². The van der Waals surface area contributed by atoms with Crippen molar-refractivity contribution in [2.24, 2.45) is 11.8 Å². The molecule has 1 heterocycles. The Balaban J connectivity index is 2.11. The van der Waals surface area contributed by atoms with Gasteiger partial charge in [-0.25, -0.2) is 0 Å². The molecule has 4 heteroatoms. The van der Waals surface area contributed by atoms with Crippen LogP contribution in [-0.2, 0) is 14.3 Å². The first-order valence-corrected chi connectivity index (χ1v) is 6.59. The topological polar surface area (TPSA) is 47.6 Å². The predicted molar refractivity (Wildman–Crippen MR) is 66.8 cm³/mol. The Morgan fingerprint density at radius 2 is 2.18 bits per heavy atom. The van der Waals surface area contributed by atoms with Crippen molar-refractivity contribution in [2.45, 2.75) is 39.7 Å². The molecule has 1 N–H and O–H groups in total. The van der Waals surface area contributed by atoms with Crippen LogP contribution in [0.15, 0.2) is 0 Å². The van der Waals surface area contributed by atoms with Crippen LogP contribution in [0.2, 0.25) is 0 Å². The van der Waals surface area contributed by atoms with Gasteiger partial charge in [-0.3, -0.25) is 4.79 Å². The number of nitrogens with one attached hydrogen (secondary N) is 1. The summed E-state index contributed by atoms with van der Waals surface area (Å²) in [5.74, 6) is 0.754. The van der Waals surface area contributed by atoms with E-state index in [9.17, 15) is 4.79 Å². The summed E-state index contributed by atoms with van der Waals surface area (Å²) in [7, 11) is 0. The molecule has 1 aliphatic rings. The van der Waals surface area contributed by atoms with Crippen LogP contribution in [-0.4, -0.2) is 38.4 Å². The lowest BCUT2D eigenvalue weighted by molar-refractivity contribution is -0.149.